The lowest BCUT2D eigenvalue weighted by Gasteiger charge is -2.19. The van der Waals surface area contributed by atoms with E-state index in [1.807, 2.05) is 13.8 Å². The molecule has 78 valence electrons. The molecule has 0 heterocycles. The SMILES string of the molecule is CCC(C)C(O)c1cc(Cl)ccc1N. The van der Waals surface area contributed by atoms with E-state index >= 15 is 0 Å². The summed E-state index contributed by atoms with van der Waals surface area (Å²) in [6.07, 6.45) is 0.381. The topological polar surface area (TPSA) is 46.2 Å². The maximum absolute atomic E-state index is 9.96. The number of benzene rings is 1. The second kappa shape index (κ2) is 4.67. The van der Waals surface area contributed by atoms with E-state index in [2.05, 4.69) is 0 Å². The van der Waals surface area contributed by atoms with Crippen LogP contribution in [0.2, 0.25) is 5.02 Å². The number of hydrogen-bond donors (Lipinski definition) is 2. The molecule has 0 saturated heterocycles. The molecule has 0 fully saturated rings. The molecule has 0 spiro atoms. The van der Waals surface area contributed by atoms with Gasteiger partial charge in [0.05, 0.1) is 6.10 Å². The van der Waals surface area contributed by atoms with Gasteiger partial charge in [0, 0.05) is 16.3 Å². The van der Waals surface area contributed by atoms with E-state index in [9.17, 15) is 5.11 Å². The smallest absolute Gasteiger partial charge is 0.0835 e. The summed E-state index contributed by atoms with van der Waals surface area (Å²) in [7, 11) is 0. The van der Waals surface area contributed by atoms with E-state index in [0.29, 0.717) is 10.7 Å². The molecule has 0 aliphatic heterocycles. The van der Waals surface area contributed by atoms with Crippen molar-refractivity contribution in [3.63, 3.8) is 0 Å². The Morgan fingerprint density at radius 3 is 2.71 bits per heavy atom. The molecule has 1 rings (SSSR count). The van der Waals surface area contributed by atoms with E-state index in [-0.39, 0.29) is 5.92 Å². The zero-order valence-electron chi connectivity index (χ0n) is 8.50. The molecule has 3 heteroatoms. The van der Waals surface area contributed by atoms with Crippen LogP contribution >= 0.6 is 11.6 Å². The van der Waals surface area contributed by atoms with Gasteiger partial charge in [-0.3, -0.25) is 0 Å². The summed E-state index contributed by atoms with van der Waals surface area (Å²) in [5.74, 6) is 0.191. The van der Waals surface area contributed by atoms with E-state index in [4.69, 9.17) is 17.3 Å². The van der Waals surface area contributed by atoms with Crippen molar-refractivity contribution < 1.29 is 5.11 Å². The number of halogens is 1. The second-order valence-corrected chi connectivity index (χ2v) is 4.04. The molecule has 1 aromatic rings. The van der Waals surface area contributed by atoms with E-state index < -0.39 is 6.10 Å². The zero-order valence-corrected chi connectivity index (χ0v) is 9.25. The number of nitrogen functional groups attached to an aromatic ring is 1. The van der Waals surface area contributed by atoms with Crippen LogP contribution in [-0.4, -0.2) is 5.11 Å². The van der Waals surface area contributed by atoms with Crippen LogP contribution in [0.25, 0.3) is 0 Å². The molecule has 0 amide bonds. The minimum atomic E-state index is -0.529. The van der Waals surface area contributed by atoms with Crippen LogP contribution in [0.4, 0.5) is 5.69 Å². The highest BCUT2D eigenvalue weighted by Gasteiger charge is 2.17. The predicted octanol–water partition coefficient (Wildman–Crippen LogP) is 3.00. The maximum Gasteiger partial charge on any atom is 0.0835 e. The molecule has 3 N–H and O–H groups in total. The van der Waals surface area contributed by atoms with Gasteiger partial charge in [0.15, 0.2) is 0 Å². The molecule has 1 aromatic carbocycles. The summed E-state index contributed by atoms with van der Waals surface area (Å²) < 4.78 is 0. The predicted molar refractivity (Wildman–Crippen MR) is 60.3 cm³/mol. The van der Waals surface area contributed by atoms with Gasteiger partial charge in [-0.15, -0.1) is 0 Å². The van der Waals surface area contributed by atoms with Crippen LogP contribution in [-0.2, 0) is 0 Å². The fourth-order valence-electron chi connectivity index (χ4n) is 1.33. The number of aliphatic hydroxyl groups excluding tert-OH is 1. The van der Waals surface area contributed by atoms with E-state index in [1.165, 1.54) is 0 Å². The Labute approximate surface area is 89.7 Å². The first-order chi connectivity index (χ1) is 6.56. The van der Waals surface area contributed by atoms with Gasteiger partial charge < -0.3 is 10.8 Å². The highest BCUT2D eigenvalue weighted by Crippen LogP contribution is 2.30. The average molecular weight is 214 g/mol. The molecule has 2 nitrogen and oxygen atoms in total. The highest BCUT2D eigenvalue weighted by molar-refractivity contribution is 6.30. The minimum Gasteiger partial charge on any atom is -0.398 e. The summed E-state index contributed by atoms with van der Waals surface area (Å²) in [5, 5.41) is 10.6. The van der Waals surface area contributed by atoms with E-state index in [1.54, 1.807) is 18.2 Å². The van der Waals surface area contributed by atoms with Gasteiger partial charge in [-0.25, -0.2) is 0 Å². The highest BCUT2D eigenvalue weighted by atomic mass is 35.5. The third kappa shape index (κ3) is 2.40. The lowest BCUT2D eigenvalue weighted by Crippen LogP contribution is -2.10. The monoisotopic (exact) mass is 213 g/mol. The molecule has 0 saturated carbocycles. The van der Waals surface area contributed by atoms with Crippen LogP contribution < -0.4 is 5.73 Å². The largest absolute Gasteiger partial charge is 0.398 e. The molecule has 0 bridgehead atoms. The number of nitrogens with two attached hydrogens (primary N) is 1. The van der Waals surface area contributed by atoms with Crippen LogP contribution in [0.5, 0.6) is 0 Å². The molecular formula is C11H16ClNO. The standard InChI is InChI=1S/C11H16ClNO/c1-3-7(2)11(14)9-6-8(12)4-5-10(9)13/h4-7,11,14H,3,13H2,1-2H3. The van der Waals surface area contributed by atoms with Gasteiger partial charge in [0.1, 0.15) is 0 Å². The van der Waals surface area contributed by atoms with Crippen molar-refractivity contribution in [2.75, 3.05) is 5.73 Å². The van der Waals surface area contributed by atoms with Gasteiger partial charge in [0.25, 0.3) is 0 Å². The molecule has 2 atom stereocenters. The van der Waals surface area contributed by atoms with Crippen molar-refractivity contribution in [1.82, 2.24) is 0 Å². The normalized spacial score (nSPS) is 15.1. The first-order valence-electron chi connectivity index (χ1n) is 4.79. The zero-order chi connectivity index (χ0) is 10.7. The number of hydrogen-bond acceptors (Lipinski definition) is 2. The molecule has 14 heavy (non-hydrogen) atoms. The summed E-state index contributed by atoms with van der Waals surface area (Å²) in [5.41, 5.74) is 7.09. The summed E-state index contributed by atoms with van der Waals surface area (Å²) in [6.45, 7) is 4.03. The Hall–Kier alpha value is -0.730. The van der Waals surface area contributed by atoms with Crippen molar-refractivity contribution >= 4 is 17.3 Å². The molecule has 0 aliphatic carbocycles. The molecule has 2 unspecified atom stereocenters. The Bertz CT molecular complexity index is 314. The lowest BCUT2D eigenvalue weighted by atomic mass is 9.94. The van der Waals surface area contributed by atoms with Gasteiger partial charge in [-0.2, -0.15) is 0 Å². The Morgan fingerprint density at radius 1 is 1.50 bits per heavy atom. The van der Waals surface area contributed by atoms with Crippen LogP contribution in [0.3, 0.4) is 0 Å². The number of rotatable bonds is 3. The lowest BCUT2D eigenvalue weighted by molar-refractivity contribution is 0.116. The Kier molecular flexibility index (Phi) is 3.78. The van der Waals surface area contributed by atoms with E-state index in [0.717, 1.165) is 12.0 Å². The molecule has 0 aromatic heterocycles. The first kappa shape index (κ1) is 11.3. The minimum absolute atomic E-state index is 0.191. The van der Waals surface area contributed by atoms with Crippen molar-refractivity contribution in [3.8, 4) is 0 Å². The molecular weight excluding hydrogens is 198 g/mol. The average Bonchev–Trinajstić information content (AvgIpc) is 2.19. The maximum atomic E-state index is 9.96. The van der Waals surface area contributed by atoms with Crippen molar-refractivity contribution in [3.05, 3.63) is 28.8 Å². The Balaban J connectivity index is 2.99. The third-order valence-corrected chi connectivity index (χ3v) is 2.79. The first-order valence-corrected chi connectivity index (χ1v) is 5.17. The molecule has 0 aliphatic rings. The van der Waals surface area contributed by atoms with Crippen molar-refractivity contribution in [2.45, 2.75) is 26.4 Å². The second-order valence-electron chi connectivity index (χ2n) is 3.60. The van der Waals surface area contributed by atoms with Crippen LogP contribution in [0, 0.1) is 5.92 Å². The van der Waals surface area contributed by atoms with Gasteiger partial charge in [-0.1, -0.05) is 31.9 Å². The quantitative estimate of drug-likeness (QED) is 0.759. The van der Waals surface area contributed by atoms with Gasteiger partial charge in [0.2, 0.25) is 0 Å². The van der Waals surface area contributed by atoms with Gasteiger partial charge >= 0.3 is 0 Å². The fraction of sp³-hybridized carbons (Fsp3) is 0.455. The summed E-state index contributed by atoms with van der Waals surface area (Å²) >= 11 is 5.84. The van der Waals surface area contributed by atoms with Crippen molar-refractivity contribution in [2.24, 2.45) is 5.92 Å². The molecule has 0 radical (unpaired) electrons. The van der Waals surface area contributed by atoms with Crippen LogP contribution in [0.15, 0.2) is 18.2 Å². The Morgan fingerprint density at radius 2 is 2.14 bits per heavy atom. The third-order valence-electron chi connectivity index (χ3n) is 2.55. The summed E-state index contributed by atoms with van der Waals surface area (Å²) in [4.78, 5) is 0. The fourth-order valence-corrected chi connectivity index (χ4v) is 1.51. The number of anilines is 1. The van der Waals surface area contributed by atoms with Crippen molar-refractivity contribution in [1.29, 1.82) is 0 Å². The number of aliphatic hydroxyl groups is 1. The summed E-state index contributed by atoms with van der Waals surface area (Å²) in [6, 6.07) is 5.18. The van der Waals surface area contributed by atoms with Crippen LogP contribution in [0.1, 0.15) is 31.9 Å². The van der Waals surface area contributed by atoms with Gasteiger partial charge in [-0.05, 0) is 24.1 Å².